The first-order valence-corrected chi connectivity index (χ1v) is 5.59. The minimum absolute atomic E-state index is 0.479. The first-order chi connectivity index (χ1) is 7.83. The van der Waals surface area contributed by atoms with Gasteiger partial charge in [-0.1, -0.05) is 6.07 Å². The number of ether oxygens (including phenoxy) is 1. The van der Waals surface area contributed by atoms with E-state index >= 15 is 0 Å². The number of hydrogen-bond acceptors (Lipinski definition) is 5. The number of benzene rings is 1. The molecule has 2 aromatic rings. The lowest BCUT2D eigenvalue weighted by molar-refractivity contribution is 0.413. The Labute approximate surface area is 97.8 Å². The first-order valence-electron chi connectivity index (χ1n) is 4.78. The average Bonchev–Trinajstić information content (AvgIpc) is 2.82. The van der Waals surface area contributed by atoms with Gasteiger partial charge in [-0.3, -0.25) is 0 Å². The van der Waals surface area contributed by atoms with Gasteiger partial charge < -0.3 is 14.9 Å². The number of aromatic nitrogens is 1. The van der Waals surface area contributed by atoms with Crippen LogP contribution in [0.25, 0.3) is 0 Å². The molecule has 4 nitrogen and oxygen atoms in total. The Morgan fingerprint density at radius 2 is 2.38 bits per heavy atom. The molecule has 0 unspecified atom stereocenters. The van der Waals surface area contributed by atoms with Crippen molar-refractivity contribution in [2.75, 3.05) is 7.11 Å². The fourth-order valence-electron chi connectivity index (χ4n) is 1.28. The van der Waals surface area contributed by atoms with E-state index in [1.165, 1.54) is 11.8 Å². The topological polar surface area (TPSA) is 61.3 Å². The van der Waals surface area contributed by atoms with E-state index < -0.39 is 0 Å². The molecule has 1 aromatic heterocycles. The van der Waals surface area contributed by atoms with Gasteiger partial charge in [0.15, 0.2) is 0 Å². The van der Waals surface area contributed by atoms with Crippen LogP contribution in [0.3, 0.4) is 0 Å². The summed E-state index contributed by atoms with van der Waals surface area (Å²) < 4.78 is 10.3. The van der Waals surface area contributed by atoms with Crippen molar-refractivity contribution in [3.63, 3.8) is 0 Å². The minimum atomic E-state index is 0.479. The third-order valence-electron chi connectivity index (χ3n) is 2.10. The molecule has 0 atom stereocenters. The van der Waals surface area contributed by atoms with Crippen LogP contribution in [0.4, 0.5) is 0 Å². The third kappa shape index (κ3) is 2.37. The van der Waals surface area contributed by atoms with Crippen LogP contribution in [0.15, 0.2) is 45.2 Å². The SMILES string of the molecule is COc1ccc(CN)c(Sc2ncco2)c1. The van der Waals surface area contributed by atoms with Crippen LogP contribution < -0.4 is 10.5 Å². The second-order valence-electron chi connectivity index (χ2n) is 3.08. The van der Waals surface area contributed by atoms with Gasteiger partial charge in [-0.2, -0.15) is 0 Å². The maximum atomic E-state index is 5.67. The van der Waals surface area contributed by atoms with E-state index in [1.807, 2.05) is 18.2 Å². The number of rotatable bonds is 4. The van der Waals surface area contributed by atoms with E-state index in [2.05, 4.69) is 4.98 Å². The number of methoxy groups -OCH3 is 1. The highest BCUT2D eigenvalue weighted by molar-refractivity contribution is 7.99. The Balaban J connectivity index is 2.30. The second kappa shape index (κ2) is 5.05. The summed E-state index contributed by atoms with van der Waals surface area (Å²) in [5.74, 6) is 0.797. The van der Waals surface area contributed by atoms with Gasteiger partial charge in [-0.25, -0.2) is 4.98 Å². The van der Waals surface area contributed by atoms with Crippen molar-refractivity contribution in [1.82, 2.24) is 4.98 Å². The molecule has 5 heteroatoms. The minimum Gasteiger partial charge on any atom is -0.497 e. The normalized spacial score (nSPS) is 10.4. The average molecular weight is 236 g/mol. The molecule has 0 saturated heterocycles. The van der Waals surface area contributed by atoms with Gasteiger partial charge >= 0.3 is 0 Å². The van der Waals surface area contributed by atoms with Crippen LogP contribution in [0.1, 0.15) is 5.56 Å². The molecule has 2 rings (SSSR count). The highest BCUT2D eigenvalue weighted by Gasteiger charge is 2.07. The molecule has 0 aliphatic rings. The van der Waals surface area contributed by atoms with Crippen molar-refractivity contribution >= 4 is 11.8 Å². The van der Waals surface area contributed by atoms with Crippen LogP contribution in [0.5, 0.6) is 5.75 Å². The molecule has 0 bridgehead atoms. The molecule has 0 spiro atoms. The molecule has 0 saturated carbocycles. The van der Waals surface area contributed by atoms with Crippen molar-refractivity contribution in [2.45, 2.75) is 16.7 Å². The summed E-state index contributed by atoms with van der Waals surface area (Å²) >= 11 is 1.44. The number of hydrogen-bond donors (Lipinski definition) is 1. The van der Waals surface area contributed by atoms with Gasteiger partial charge in [0, 0.05) is 11.4 Å². The van der Waals surface area contributed by atoms with Gasteiger partial charge in [-0.05, 0) is 29.5 Å². The zero-order valence-electron chi connectivity index (χ0n) is 8.84. The molecule has 0 aliphatic carbocycles. The molecule has 1 aromatic carbocycles. The highest BCUT2D eigenvalue weighted by atomic mass is 32.2. The lowest BCUT2D eigenvalue weighted by Gasteiger charge is -2.07. The van der Waals surface area contributed by atoms with Crippen LogP contribution >= 0.6 is 11.8 Å². The van der Waals surface area contributed by atoms with Crippen LogP contribution in [-0.2, 0) is 6.54 Å². The number of nitrogens with zero attached hydrogens (tertiary/aromatic N) is 1. The summed E-state index contributed by atoms with van der Waals surface area (Å²) in [7, 11) is 1.64. The quantitative estimate of drug-likeness (QED) is 0.882. The summed E-state index contributed by atoms with van der Waals surface area (Å²) in [5, 5.41) is 0.600. The van der Waals surface area contributed by atoms with Crippen LogP contribution in [0, 0.1) is 0 Å². The Kier molecular flexibility index (Phi) is 3.48. The molecule has 0 aliphatic heterocycles. The summed E-state index contributed by atoms with van der Waals surface area (Å²) in [4.78, 5) is 5.06. The van der Waals surface area contributed by atoms with E-state index in [0.717, 1.165) is 16.2 Å². The fourth-order valence-corrected chi connectivity index (χ4v) is 2.14. The van der Waals surface area contributed by atoms with Crippen LogP contribution in [0.2, 0.25) is 0 Å². The zero-order valence-corrected chi connectivity index (χ0v) is 9.66. The Bertz CT molecular complexity index is 457. The molecular weight excluding hydrogens is 224 g/mol. The second-order valence-corrected chi connectivity index (χ2v) is 4.07. The predicted octanol–water partition coefficient (Wildman–Crippen LogP) is 2.29. The highest BCUT2D eigenvalue weighted by Crippen LogP contribution is 2.31. The van der Waals surface area contributed by atoms with Gasteiger partial charge in [0.1, 0.15) is 12.0 Å². The standard InChI is InChI=1S/C11H12N2O2S/c1-14-9-3-2-8(7-12)10(6-9)16-11-13-4-5-15-11/h2-6H,7,12H2,1H3. The zero-order chi connectivity index (χ0) is 11.4. The first kappa shape index (κ1) is 11.0. The van der Waals surface area contributed by atoms with Gasteiger partial charge in [0.05, 0.1) is 13.3 Å². The van der Waals surface area contributed by atoms with Gasteiger partial charge in [0.25, 0.3) is 5.22 Å². The fraction of sp³-hybridized carbons (Fsp3) is 0.182. The molecular formula is C11H12N2O2S. The Hall–Kier alpha value is -1.46. The summed E-state index contributed by atoms with van der Waals surface area (Å²) in [6, 6.07) is 5.77. The molecule has 2 N–H and O–H groups in total. The van der Waals surface area contributed by atoms with Crippen molar-refractivity contribution in [2.24, 2.45) is 5.73 Å². The maximum absolute atomic E-state index is 5.67. The van der Waals surface area contributed by atoms with E-state index in [4.69, 9.17) is 14.9 Å². The monoisotopic (exact) mass is 236 g/mol. The third-order valence-corrected chi connectivity index (χ3v) is 3.08. The van der Waals surface area contributed by atoms with Crippen molar-refractivity contribution < 1.29 is 9.15 Å². The predicted molar refractivity (Wildman–Crippen MR) is 61.5 cm³/mol. The molecule has 0 amide bonds. The van der Waals surface area contributed by atoms with Crippen molar-refractivity contribution in [3.8, 4) is 5.75 Å². The molecule has 84 valence electrons. The Morgan fingerprint density at radius 3 is 3.00 bits per heavy atom. The summed E-state index contributed by atoms with van der Waals surface area (Å²) in [5.41, 5.74) is 6.71. The molecule has 1 heterocycles. The van der Waals surface area contributed by atoms with Gasteiger partial charge in [0.2, 0.25) is 0 Å². The largest absolute Gasteiger partial charge is 0.497 e. The molecule has 0 radical (unpaired) electrons. The smallest absolute Gasteiger partial charge is 0.260 e. The van der Waals surface area contributed by atoms with E-state index in [0.29, 0.717) is 11.8 Å². The van der Waals surface area contributed by atoms with Gasteiger partial charge in [-0.15, -0.1) is 0 Å². The lowest BCUT2D eigenvalue weighted by Crippen LogP contribution is -1.98. The number of nitrogens with two attached hydrogens (primary N) is 1. The van der Waals surface area contributed by atoms with E-state index in [-0.39, 0.29) is 0 Å². The summed E-state index contributed by atoms with van der Waals surface area (Å²) in [6.07, 6.45) is 3.16. The molecule has 16 heavy (non-hydrogen) atoms. The Morgan fingerprint density at radius 1 is 1.50 bits per heavy atom. The van der Waals surface area contributed by atoms with E-state index in [9.17, 15) is 0 Å². The van der Waals surface area contributed by atoms with Crippen molar-refractivity contribution in [1.29, 1.82) is 0 Å². The molecule has 0 fully saturated rings. The van der Waals surface area contributed by atoms with E-state index in [1.54, 1.807) is 19.6 Å². The summed E-state index contributed by atoms with van der Waals surface area (Å²) in [6.45, 7) is 0.479. The number of oxazole rings is 1. The maximum Gasteiger partial charge on any atom is 0.260 e. The van der Waals surface area contributed by atoms with Crippen LogP contribution in [-0.4, -0.2) is 12.1 Å². The lowest BCUT2D eigenvalue weighted by atomic mass is 10.2. The van der Waals surface area contributed by atoms with Crippen molar-refractivity contribution in [3.05, 3.63) is 36.2 Å².